The zero-order chi connectivity index (χ0) is 13.4. The molecule has 0 saturated heterocycles. The number of benzene rings is 1. The van der Waals surface area contributed by atoms with Crippen molar-refractivity contribution >= 4 is 23.0 Å². The molecule has 0 amide bonds. The summed E-state index contributed by atoms with van der Waals surface area (Å²) < 4.78 is 0. The van der Waals surface area contributed by atoms with E-state index < -0.39 is 0 Å². The smallest absolute Gasteiger partial charge is 0.177 e. The minimum Gasteiger partial charge on any atom is -0.508 e. The van der Waals surface area contributed by atoms with Crippen LogP contribution in [0.3, 0.4) is 0 Å². The summed E-state index contributed by atoms with van der Waals surface area (Å²) >= 11 is 6.38. The Morgan fingerprint density at radius 2 is 2.21 bits per heavy atom. The Balaban J connectivity index is 2.03. The molecule has 1 spiro atoms. The maximum atomic E-state index is 12.2. The zero-order valence-electron chi connectivity index (χ0n) is 10.8. The van der Waals surface area contributed by atoms with Gasteiger partial charge in [-0.1, -0.05) is 17.7 Å². The topological polar surface area (TPSA) is 37.3 Å². The first-order valence-electron chi connectivity index (χ1n) is 6.80. The van der Waals surface area contributed by atoms with E-state index >= 15 is 0 Å². The van der Waals surface area contributed by atoms with Gasteiger partial charge in [-0.25, -0.2) is 0 Å². The van der Waals surface area contributed by atoms with E-state index in [1.807, 2.05) is 13.0 Å². The van der Waals surface area contributed by atoms with Crippen molar-refractivity contribution in [1.82, 2.24) is 0 Å². The normalized spacial score (nSPS) is 31.7. The van der Waals surface area contributed by atoms with Crippen molar-refractivity contribution in [1.29, 1.82) is 0 Å². The predicted molar refractivity (Wildman–Crippen MR) is 74.1 cm³/mol. The van der Waals surface area contributed by atoms with Gasteiger partial charge in [0.1, 0.15) is 5.75 Å². The quantitative estimate of drug-likeness (QED) is 0.785. The molecule has 3 heteroatoms. The molecule has 0 unspecified atom stereocenters. The maximum Gasteiger partial charge on any atom is 0.177 e. The van der Waals surface area contributed by atoms with Crippen LogP contribution in [-0.4, -0.2) is 10.9 Å². The number of Topliss-reactive ketones (excluding diaryl/α,β-unsaturated/α-hetero) is 1. The van der Waals surface area contributed by atoms with Gasteiger partial charge in [0, 0.05) is 11.3 Å². The van der Waals surface area contributed by atoms with Crippen molar-refractivity contribution in [3.05, 3.63) is 33.9 Å². The molecule has 2 nitrogen and oxygen atoms in total. The summed E-state index contributed by atoms with van der Waals surface area (Å²) in [6.45, 7) is 1.95. The first kappa shape index (κ1) is 11.5. The van der Waals surface area contributed by atoms with Crippen LogP contribution in [0.4, 0.5) is 0 Å². The monoisotopic (exact) mass is 274 g/mol. The Morgan fingerprint density at radius 1 is 1.42 bits per heavy atom. The molecule has 1 aromatic rings. The number of carbonyl (C=O) groups is 1. The van der Waals surface area contributed by atoms with Gasteiger partial charge < -0.3 is 5.11 Å². The fraction of sp³-hybridized carbons (Fsp3) is 0.438. The molecule has 98 valence electrons. The largest absolute Gasteiger partial charge is 0.508 e. The minimum absolute atomic E-state index is 0.0660. The minimum atomic E-state index is 0.0660. The van der Waals surface area contributed by atoms with Crippen molar-refractivity contribution in [3.8, 4) is 5.75 Å². The Morgan fingerprint density at radius 3 is 3.00 bits per heavy atom. The molecule has 3 aliphatic rings. The second-order valence-corrected chi connectivity index (χ2v) is 6.56. The molecular formula is C16H15ClO2. The lowest BCUT2D eigenvalue weighted by atomic mass is 9.74. The van der Waals surface area contributed by atoms with Crippen LogP contribution in [0.25, 0.3) is 5.57 Å². The fourth-order valence-electron chi connectivity index (χ4n) is 4.31. The lowest BCUT2D eigenvalue weighted by molar-refractivity contribution is -0.118. The SMILES string of the molecule is Cc1c(O)ccc2c1C[C@@]13CC[C@H](C1)C(=O)C(Cl)=C23. The van der Waals surface area contributed by atoms with Gasteiger partial charge in [-0.05, 0) is 60.9 Å². The molecule has 3 aliphatic carbocycles. The van der Waals surface area contributed by atoms with Gasteiger partial charge in [0.2, 0.25) is 0 Å². The van der Waals surface area contributed by atoms with Gasteiger partial charge in [0.25, 0.3) is 0 Å². The Kier molecular flexibility index (Phi) is 2.08. The first-order chi connectivity index (χ1) is 9.03. The Hall–Kier alpha value is -1.28. The number of allylic oxidation sites excluding steroid dienone is 2. The van der Waals surface area contributed by atoms with Crippen molar-refractivity contribution in [2.24, 2.45) is 11.3 Å². The van der Waals surface area contributed by atoms with Gasteiger partial charge in [0.15, 0.2) is 5.78 Å². The summed E-state index contributed by atoms with van der Waals surface area (Å²) in [4.78, 5) is 12.2. The standard InChI is InChI=1S/C16H15ClO2/c1-8-11-7-16-5-4-9(6-16)15(19)14(17)13(16)10(11)2-3-12(8)18/h2-3,9,18H,4-7H2,1H3/t9-,16-/m1/s1. The predicted octanol–water partition coefficient (Wildman–Crippen LogP) is 3.58. The number of hydrogen-bond donors (Lipinski definition) is 1. The first-order valence-corrected chi connectivity index (χ1v) is 7.17. The van der Waals surface area contributed by atoms with E-state index in [4.69, 9.17) is 11.6 Å². The molecule has 0 heterocycles. The highest BCUT2D eigenvalue weighted by molar-refractivity contribution is 6.46. The number of ketones is 1. The number of fused-ring (bicyclic) bond motifs is 3. The number of rotatable bonds is 0. The molecular weight excluding hydrogens is 260 g/mol. The third-order valence-electron chi connectivity index (χ3n) is 5.30. The molecule has 4 rings (SSSR count). The number of carbonyl (C=O) groups excluding carboxylic acids is 1. The van der Waals surface area contributed by atoms with Gasteiger partial charge in [-0.15, -0.1) is 0 Å². The van der Waals surface area contributed by atoms with E-state index in [0.717, 1.165) is 42.4 Å². The van der Waals surface area contributed by atoms with E-state index in [1.54, 1.807) is 6.07 Å². The number of aromatic hydroxyl groups is 1. The van der Waals surface area contributed by atoms with Crippen molar-refractivity contribution in [2.75, 3.05) is 0 Å². The van der Waals surface area contributed by atoms with Crippen molar-refractivity contribution in [3.63, 3.8) is 0 Å². The highest BCUT2D eigenvalue weighted by atomic mass is 35.5. The average molecular weight is 275 g/mol. The molecule has 1 saturated carbocycles. The number of hydrogen-bond acceptors (Lipinski definition) is 2. The molecule has 2 atom stereocenters. The molecule has 2 bridgehead atoms. The van der Waals surface area contributed by atoms with E-state index in [1.165, 1.54) is 5.56 Å². The molecule has 0 aliphatic heterocycles. The Labute approximate surface area is 117 Å². The summed E-state index contributed by atoms with van der Waals surface area (Å²) in [5, 5.41) is 10.3. The second-order valence-electron chi connectivity index (χ2n) is 6.19. The van der Waals surface area contributed by atoms with E-state index in [9.17, 15) is 9.90 Å². The highest BCUT2D eigenvalue weighted by Crippen LogP contribution is 2.63. The van der Waals surface area contributed by atoms with Gasteiger partial charge in [-0.3, -0.25) is 4.79 Å². The van der Waals surface area contributed by atoms with Crippen LogP contribution < -0.4 is 0 Å². The molecule has 1 N–H and O–H groups in total. The lowest BCUT2D eigenvalue weighted by Crippen LogP contribution is -2.25. The van der Waals surface area contributed by atoms with E-state index in [2.05, 4.69) is 0 Å². The van der Waals surface area contributed by atoms with Crippen LogP contribution in [0.15, 0.2) is 17.2 Å². The van der Waals surface area contributed by atoms with Crippen LogP contribution in [0.1, 0.15) is 36.0 Å². The molecule has 1 aromatic carbocycles. The van der Waals surface area contributed by atoms with Crippen molar-refractivity contribution in [2.45, 2.75) is 32.6 Å². The fourth-order valence-corrected chi connectivity index (χ4v) is 4.77. The third kappa shape index (κ3) is 1.26. The Bertz CT molecular complexity index is 659. The van der Waals surface area contributed by atoms with Crippen LogP contribution >= 0.6 is 11.6 Å². The maximum absolute atomic E-state index is 12.2. The van der Waals surface area contributed by atoms with Gasteiger partial charge >= 0.3 is 0 Å². The molecule has 0 aromatic heterocycles. The molecule has 0 radical (unpaired) electrons. The van der Waals surface area contributed by atoms with Crippen LogP contribution in [-0.2, 0) is 11.2 Å². The van der Waals surface area contributed by atoms with Crippen LogP contribution in [0.2, 0.25) is 0 Å². The van der Waals surface area contributed by atoms with Crippen LogP contribution in [0, 0.1) is 18.3 Å². The summed E-state index contributed by atoms with van der Waals surface area (Å²) in [6, 6.07) is 3.64. The average Bonchev–Trinajstić information content (AvgIpc) is 2.93. The number of halogens is 1. The molecule has 1 fully saturated rings. The lowest BCUT2D eigenvalue weighted by Gasteiger charge is -2.30. The number of phenolic OH excluding ortho intramolecular Hbond substituents is 1. The van der Waals surface area contributed by atoms with Gasteiger partial charge in [-0.2, -0.15) is 0 Å². The third-order valence-corrected chi connectivity index (χ3v) is 5.68. The van der Waals surface area contributed by atoms with Crippen molar-refractivity contribution < 1.29 is 9.90 Å². The summed E-state index contributed by atoms with van der Waals surface area (Å²) in [6.07, 6.45) is 3.87. The number of phenols is 1. The summed E-state index contributed by atoms with van der Waals surface area (Å²) in [5.41, 5.74) is 4.34. The van der Waals surface area contributed by atoms with E-state index in [0.29, 0.717) is 10.8 Å². The summed E-state index contributed by atoms with van der Waals surface area (Å²) in [7, 11) is 0. The zero-order valence-corrected chi connectivity index (χ0v) is 11.5. The second kappa shape index (κ2) is 3.43. The van der Waals surface area contributed by atoms with E-state index in [-0.39, 0.29) is 17.1 Å². The van der Waals surface area contributed by atoms with Gasteiger partial charge in [0.05, 0.1) is 5.03 Å². The van der Waals surface area contributed by atoms with Crippen LogP contribution in [0.5, 0.6) is 5.75 Å². The molecule has 19 heavy (non-hydrogen) atoms. The highest BCUT2D eigenvalue weighted by Gasteiger charge is 2.54. The summed E-state index contributed by atoms with van der Waals surface area (Å²) in [5.74, 6) is 0.592.